The zero-order valence-corrected chi connectivity index (χ0v) is 14.9. The van der Waals surface area contributed by atoms with Crippen LogP contribution >= 0.6 is 0 Å². The number of aryl methyl sites for hydroxylation is 3. The number of hydrogen-bond donors (Lipinski definition) is 2. The molecule has 3 rings (SSSR count). The normalized spacial score (nSPS) is 14.5. The number of anilines is 2. The van der Waals surface area contributed by atoms with Crippen molar-refractivity contribution in [1.29, 1.82) is 0 Å². The fourth-order valence-electron chi connectivity index (χ4n) is 3.28. The van der Waals surface area contributed by atoms with Gasteiger partial charge in [0.1, 0.15) is 5.75 Å². The highest BCUT2D eigenvalue weighted by Crippen LogP contribution is 2.27. The fraction of sp³-hybridized carbons (Fsp3) is 0.368. The van der Waals surface area contributed by atoms with Gasteiger partial charge in [0, 0.05) is 31.9 Å². The average Bonchev–Trinajstić information content (AvgIpc) is 2.58. The molecular formula is C19H24N4O2. The van der Waals surface area contributed by atoms with Crippen LogP contribution in [-0.2, 0) is 0 Å². The summed E-state index contributed by atoms with van der Waals surface area (Å²) in [5, 5.41) is 13.0. The van der Waals surface area contributed by atoms with Gasteiger partial charge < -0.3 is 20.2 Å². The van der Waals surface area contributed by atoms with Crippen molar-refractivity contribution in [3.8, 4) is 5.75 Å². The molecule has 0 saturated carbocycles. The molecule has 0 radical (unpaired) electrons. The number of pyridine rings is 1. The monoisotopic (exact) mass is 340 g/mol. The average molecular weight is 340 g/mol. The molecule has 6 heteroatoms. The lowest BCUT2D eigenvalue weighted by atomic mass is 10.1. The zero-order valence-electron chi connectivity index (χ0n) is 14.9. The number of hydrogen-bond acceptors (Lipinski definition) is 4. The highest BCUT2D eigenvalue weighted by molar-refractivity contribution is 5.91. The molecule has 0 aliphatic carbocycles. The molecule has 1 aliphatic heterocycles. The van der Waals surface area contributed by atoms with E-state index in [-0.39, 0.29) is 11.8 Å². The lowest BCUT2D eigenvalue weighted by molar-refractivity contribution is 0.208. The summed E-state index contributed by atoms with van der Waals surface area (Å²) in [6.45, 7) is 8.43. The summed E-state index contributed by atoms with van der Waals surface area (Å²) in [6.07, 6.45) is 0. The number of benzene rings is 1. The topological polar surface area (TPSA) is 68.7 Å². The molecule has 1 fully saturated rings. The van der Waals surface area contributed by atoms with Crippen LogP contribution in [-0.4, -0.2) is 47.2 Å². The lowest BCUT2D eigenvalue weighted by Crippen LogP contribution is -2.50. The summed E-state index contributed by atoms with van der Waals surface area (Å²) < 4.78 is 0. The Bertz CT molecular complexity index is 760. The van der Waals surface area contributed by atoms with Crippen molar-refractivity contribution in [2.75, 3.05) is 36.4 Å². The number of carbonyl (C=O) groups excluding carboxylic acids is 1. The van der Waals surface area contributed by atoms with E-state index < -0.39 is 0 Å². The van der Waals surface area contributed by atoms with Gasteiger partial charge >= 0.3 is 6.03 Å². The maximum atomic E-state index is 12.6. The van der Waals surface area contributed by atoms with Gasteiger partial charge in [-0.15, -0.1) is 0 Å². The van der Waals surface area contributed by atoms with Crippen molar-refractivity contribution >= 4 is 17.4 Å². The van der Waals surface area contributed by atoms with Gasteiger partial charge in [0.15, 0.2) is 0 Å². The van der Waals surface area contributed by atoms with E-state index in [1.165, 1.54) is 0 Å². The first kappa shape index (κ1) is 17.1. The molecule has 1 aromatic heterocycles. The second-order valence-electron chi connectivity index (χ2n) is 6.43. The van der Waals surface area contributed by atoms with Crippen LogP contribution in [0.15, 0.2) is 30.3 Å². The molecule has 132 valence electrons. The Labute approximate surface area is 148 Å². The maximum Gasteiger partial charge on any atom is 0.322 e. The molecule has 1 saturated heterocycles. The SMILES string of the molecule is Cc1cc(C)c(NC(=O)N2CCN(c3ccccc3O)CC2)c(C)n1. The van der Waals surface area contributed by atoms with E-state index >= 15 is 0 Å². The largest absolute Gasteiger partial charge is 0.506 e. The number of piperazine rings is 1. The number of rotatable bonds is 2. The maximum absolute atomic E-state index is 12.6. The van der Waals surface area contributed by atoms with Crippen molar-refractivity contribution in [2.45, 2.75) is 20.8 Å². The first-order valence-corrected chi connectivity index (χ1v) is 8.49. The van der Waals surface area contributed by atoms with Crippen LogP contribution < -0.4 is 10.2 Å². The van der Waals surface area contributed by atoms with Crippen molar-refractivity contribution < 1.29 is 9.90 Å². The van der Waals surface area contributed by atoms with Gasteiger partial charge in [-0.3, -0.25) is 4.98 Å². The van der Waals surface area contributed by atoms with Gasteiger partial charge in [0.05, 0.1) is 17.1 Å². The Balaban J connectivity index is 1.64. The van der Waals surface area contributed by atoms with Crippen molar-refractivity contribution in [2.24, 2.45) is 0 Å². The highest BCUT2D eigenvalue weighted by atomic mass is 16.3. The molecule has 0 atom stereocenters. The van der Waals surface area contributed by atoms with E-state index in [9.17, 15) is 9.90 Å². The van der Waals surface area contributed by atoms with Gasteiger partial charge in [-0.1, -0.05) is 12.1 Å². The van der Waals surface area contributed by atoms with E-state index in [0.717, 1.165) is 28.3 Å². The quantitative estimate of drug-likeness (QED) is 0.881. The molecule has 2 aromatic rings. The number of phenolic OH excluding ortho intramolecular Hbond substituents is 1. The third-order valence-corrected chi connectivity index (χ3v) is 4.55. The number of para-hydroxylation sites is 2. The smallest absolute Gasteiger partial charge is 0.322 e. The minimum atomic E-state index is -0.103. The van der Waals surface area contributed by atoms with E-state index in [1.54, 1.807) is 11.0 Å². The molecule has 2 heterocycles. The third kappa shape index (κ3) is 3.68. The highest BCUT2D eigenvalue weighted by Gasteiger charge is 2.23. The van der Waals surface area contributed by atoms with E-state index in [0.29, 0.717) is 26.2 Å². The molecular weight excluding hydrogens is 316 g/mol. The van der Waals surface area contributed by atoms with Crippen molar-refractivity contribution in [1.82, 2.24) is 9.88 Å². The molecule has 0 bridgehead atoms. The van der Waals surface area contributed by atoms with Gasteiger partial charge in [-0.25, -0.2) is 4.79 Å². The van der Waals surface area contributed by atoms with Gasteiger partial charge in [0.2, 0.25) is 0 Å². The predicted octanol–water partition coefficient (Wildman–Crippen LogP) is 3.07. The minimum Gasteiger partial charge on any atom is -0.506 e. The van der Waals surface area contributed by atoms with Crippen LogP contribution in [0.5, 0.6) is 5.75 Å². The number of amides is 2. The number of aromatic nitrogens is 1. The fourth-order valence-corrected chi connectivity index (χ4v) is 3.28. The summed E-state index contributed by atoms with van der Waals surface area (Å²) in [5.74, 6) is 0.275. The summed E-state index contributed by atoms with van der Waals surface area (Å²) in [5.41, 5.74) is 4.41. The van der Waals surface area contributed by atoms with Crippen LogP contribution in [0.2, 0.25) is 0 Å². The zero-order chi connectivity index (χ0) is 18.0. The molecule has 25 heavy (non-hydrogen) atoms. The van der Waals surface area contributed by atoms with Gasteiger partial charge in [-0.05, 0) is 44.5 Å². The third-order valence-electron chi connectivity index (χ3n) is 4.55. The Morgan fingerprint density at radius 3 is 2.44 bits per heavy atom. The number of nitrogens with one attached hydrogen (secondary N) is 1. The number of carbonyl (C=O) groups is 1. The molecule has 2 amide bonds. The predicted molar refractivity (Wildman–Crippen MR) is 99.4 cm³/mol. The van der Waals surface area contributed by atoms with Crippen LogP contribution in [0.25, 0.3) is 0 Å². The molecule has 0 spiro atoms. The van der Waals surface area contributed by atoms with E-state index in [2.05, 4.69) is 15.2 Å². The van der Waals surface area contributed by atoms with Crippen LogP contribution in [0.4, 0.5) is 16.2 Å². The summed E-state index contributed by atoms with van der Waals surface area (Å²) in [7, 11) is 0. The first-order valence-electron chi connectivity index (χ1n) is 8.49. The number of aromatic hydroxyl groups is 1. The van der Waals surface area contributed by atoms with E-state index in [1.807, 2.05) is 45.0 Å². The molecule has 1 aliphatic rings. The van der Waals surface area contributed by atoms with Gasteiger partial charge in [0.25, 0.3) is 0 Å². The van der Waals surface area contributed by atoms with Crippen molar-refractivity contribution in [3.05, 3.63) is 47.3 Å². The molecule has 1 aromatic carbocycles. The number of urea groups is 1. The summed E-state index contributed by atoms with van der Waals surface area (Å²) in [6, 6.07) is 9.17. The van der Waals surface area contributed by atoms with Crippen LogP contribution in [0, 0.1) is 20.8 Å². The van der Waals surface area contributed by atoms with Crippen LogP contribution in [0.3, 0.4) is 0 Å². The standard InChI is InChI=1S/C19H24N4O2/c1-13-12-14(2)20-15(3)18(13)21-19(25)23-10-8-22(9-11-23)16-6-4-5-7-17(16)24/h4-7,12,24H,8-11H2,1-3H3,(H,21,25). The second-order valence-corrected chi connectivity index (χ2v) is 6.43. The van der Waals surface area contributed by atoms with Crippen molar-refractivity contribution in [3.63, 3.8) is 0 Å². The minimum absolute atomic E-state index is 0.103. The Morgan fingerprint density at radius 2 is 1.80 bits per heavy atom. The second kappa shape index (κ2) is 7.01. The summed E-state index contributed by atoms with van der Waals surface area (Å²) >= 11 is 0. The van der Waals surface area contributed by atoms with Crippen LogP contribution in [0.1, 0.15) is 17.0 Å². The van der Waals surface area contributed by atoms with Gasteiger partial charge in [-0.2, -0.15) is 0 Å². The molecule has 6 nitrogen and oxygen atoms in total. The Hall–Kier alpha value is -2.76. The first-order chi connectivity index (χ1) is 12.0. The molecule has 2 N–H and O–H groups in total. The Morgan fingerprint density at radius 1 is 1.12 bits per heavy atom. The lowest BCUT2D eigenvalue weighted by Gasteiger charge is -2.36. The number of nitrogens with zero attached hydrogens (tertiary/aromatic N) is 3. The Kier molecular flexibility index (Phi) is 4.79. The number of phenols is 1. The molecule has 0 unspecified atom stereocenters. The summed E-state index contributed by atoms with van der Waals surface area (Å²) in [4.78, 5) is 20.9. The van der Waals surface area contributed by atoms with E-state index in [4.69, 9.17) is 0 Å².